The van der Waals surface area contributed by atoms with Crippen LogP contribution in [0.2, 0.25) is 5.02 Å². The van der Waals surface area contributed by atoms with Crippen molar-refractivity contribution < 1.29 is 4.79 Å². The van der Waals surface area contributed by atoms with Crippen LogP contribution >= 0.6 is 11.6 Å². The average Bonchev–Trinajstić information content (AvgIpc) is 2.45. The first-order valence-corrected chi connectivity index (χ1v) is 6.30. The number of anilines is 1. The molecule has 100 valence electrons. The molecule has 0 aliphatic heterocycles. The van der Waals surface area contributed by atoms with Crippen LogP contribution in [-0.2, 0) is 6.54 Å². The van der Waals surface area contributed by atoms with Crippen molar-refractivity contribution >= 4 is 23.2 Å². The summed E-state index contributed by atoms with van der Waals surface area (Å²) in [7, 11) is 0. The Balaban J connectivity index is 2.03. The van der Waals surface area contributed by atoms with Crippen LogP contribution in [0.3, 0.4) is 0 Å². The molecular formula is C15H12ClN3O. The van der Waals surface area contributed by atoms with Crippen molar-refractivity contribution in [1.82, 2.24) is 5.32 Å². The Morgan fingerprint density at radius 2 is 1.95 bits per heavy atom. The number of amides is 1. The third-order valence-electron chi connectivity index (χ3n) is 2.77. The van der Waals surface area contributed by atoms with E-state index < -0.39 is 0 Å². The fraction of sp³-hybridized carbons (Fsp3) is 0.0667. The summed E-state index contributed by atoms with van der Waals surface area (Å²) in [5.41, 5.74) is 7.97. The smallest absolute Gasteiger partial charge is 0.253 e. The van der Waals surface area contributed by atoms with E-state index in [0.29, 0.717) is 28.4 Å². The lowest BCUT2D eigenvalue weighted by Crippen LogP contribution is -2.23. The highest BCUT2D eigenvalue weighted by molar-refractivity contribution is 6.34. The lowest BCUT2D eigenvalue weighted by molar-refractivity contribution is 0.0951. The molecule has 2 aromatic rings. The van der Waals surface area contributed by atoms with Gasteiger partial charge in [-0.3, -0.25) is 4.79 Å². The number of halogens is 1. The number of carbonyl (C=O) groups is 1. The third-order valence-corrected chi connectivity index (χ3v) is 3.09. The predicted octanol–water partition coefficient (Wildman–Crippen LogP) is 2.72. The molecule has 0 spiro atoms. The number of rotatable bonds is 3. The first kappa shape index (κ1) is 13.9. The van der Waals surface area contributed by atoms with Crippen LogP contribution in [-0.4, -0.2) is 5.91 Å². The zero-order valence-electron chi connectivity index (χ0n) is 10.6. The number of carbonyl (C=O) groups excluding carboxylic acids is 1. The van der Waals surface area contributed by atoms with E-state index in [2.05, 4.69) is 5.32 Å². The molecule has 3 N–H and O–H groups in total. The van der Waals surface area contributed by atoms with Crippen molar-refractivity contribution in [2.45, 2.75) is 6.54 Å². The monoisotopic (exact) mass is 285 g/mol. The summed E-state index contributed by atoms with van der Waals surface area (Å²) in [5, 5.41) is 11.8. The van der Waals surface area contributed by atoms with Gasteiger partial charge < -0.3 is 11.1 Å². The van der Waals surface area contributed by atoms with Gasteiger partial charge in [-0.1, -0.05) is 23.7 Å². The molecule has 0 atom stereocenters. The number of hydrogen-bond donors (Lipinski definition) is 2. The van der Waals surface area contributed by atoms with Crippen LogP contribution in [0.1, 0.15) is 21.5 Å². The number of nitrogen functional groups attached to an aromatic ring is 1. The van der Waals surface area contributed by atoms with Crippen molar-refractivity contribution in [3.05, 3.63) is 64.2 Å². The Morgan fingerprint density at radius 3 is 2.55 bits per heavy atom. The van der Waals surface area contributed by atoms with Crippen molar-refractivity contribution in [2.75, 3.05) is 5.73 Å². The van der Waals surface area contributed by atoms with Crippen molar-refractivity contribution in [3.8, 4) is 6.07 Å². The van der Waals surface area contributed by atoms with Crippen molar-refractivity contribution in [1.29, 1.82) is 5.26 Å². The maximum absolute atomic E-state index is 12.0. The summed E-state index contributed by atoms with van der Waals surface area (Å²) in [6, 6.07) is 13.8. The summed E-state index contributed by atoms with van der Waals surface area (Å²) < 4.78 is 0. The zero-order valence-corrected chi connectivity index (χ0v) is 11.3. The zero-order chi connectivity index (χ0) is 14.5. The van der Waals surface area contributed by atoms with E-state index in [1.54, 1.807) is 36.4 Å². The number of nitriles is 1. The molecule has 0 aliphatic rings. The molecule has 0 unspecified atom stereocenters. The molecule has 0 aromatic heterocycles. The molecule has 0 radical (unpaired) electrons. The summed E-state index contributed by atoms with van der Waals surface area (Å²) in [6.45, 7) is 0.366. The van der Waals surface area contributed by atoms with E-state index in [1.165, 1.54) is 6.07 Å². The summed E-state index contributed by atoms with van der Waals surface area (Å²) >= 11 is 5.97. The topological polar surface area (TPSA) is 78.9 Å². The van der Waals surface area contributed by atoms with E-state index in [0.717, 1.165) is 5.56 Å². The molecule has 0 aliphatic carbocycles. The van der Waals surface area contributed by atoms with Gasteiger partial charge in [0.25, 0.3) is 5.91 Å². The molecule has 0 saturated carbocycles. The molecule has 1 amide bonds. The highest BCUT2D eigenvalue weighted by Gasteiger charge is 2.09. The van der Waals surface area contributed by atoms with Crippen LogP contribution in [0.5, 0.6) is 0 Å². The van der Waals surface area contributed by atoms with E-state index in [1.807, 2.05) is 6.07 Å². The maximum Gasteiger partial charge on any atom is 0.253 e. The first-order chi connectivity index (χ1) is 9.60. The summed E-state index contributed by atoms with van der Waals surface area (Å²) in [6.07, 6.45) is 0. The van der Waals surface area contributed by atoms with Crippen LogP contribution in [0.4, 0.5) is 5.69 Å². The van der Waals surface area contributed by atoms with Crippen molar-refractivity contribution in [3.63, 3.8) is 0 Å². The minimum absolute atomic E-state index is 0.264. The van der Waals surface area contributed by atoms with Crippen LogP contribution < -0.4 is 11.1 Å². The SMILES string of the molecule is N#Cc1ccc(CNC(=O)c2ccc(N)cc2Cl)cc1. The van der Waals surface area contributed by atoms with Gasteiger partial charge in [-0.15, -0.1) is 0 Å². The minimum Gasteiger partial charge on any atom is -0.399 e. The lowest BCUT2D eigenvalue weighted by Gasteiger charge is -2.07. The molecule has 0 saturated heterocycles. The maximum atomic E-state index is 12.0. The second kappa shape index (κ2) is 6.09. The minimum atomic E-state index is -0.264. The third kappa shape index (κ3) is 3.28. The van der Waals surface area contributed by atoms with Gasteiger partial charge >= 0.3 is 0 Å². The largest absolute Gasteiger partial charge is 0.399 e. The van der Waals surface area contributed by atoms with Gasteiger partial charge in [-0.2, -0.15) is 5.26 Å². The fourth-order valence-corrected chi connectivity index (χ4v) is 1.97. The quantitative estimate of drug-likeness (QED) is 0.851. The van der Waals surface area contributed by atoms with Gasteiger partial charge in [-0.25, -0.2) is 0 Å². The highest BCUT2D eigenvalue weighted by atomic mass is 35.5. The first-order valence-electron chi connectivity index (χ1n) is 5.92. The van der Waals surface area contributed by atoms with Gasteiger partial charge in [0.1, 0.15) is 0 Å². The van der Waals surface area contributed by atoms with Crippen LogP contribution in [0.15, 0.2) is 42.5 Å². The lowest BCUT2D eigenvalue weighted by atomic mass is 10.1. The number of hydrogen-bond acceptors (Lipinski definition) is 3. The number of nitrogens with two attached hydrogens (primary N) is 1. The Kier molecular flexibility index (Phi) is 4.24. The van der Waals surface area contributed by atoms with Gasteiger partial charge in [0.05, 0.1) is 22.2 Å². The predicted molar refractivity (Wildman–Crippen MR) is 78.2 cm³/mol. The summed E-state index contributed by atoms with van der Waals surface area (Å²) in [4.78, 5) is 12.0. The second-order valence-corrected chi connectivity index (χ2v) is 4.64. The van der Waals surface area contributed by atoms with Crippen molar-refractivity contribution in [2.24, 2.45) is 0 Å². The molecule has 20 heavy (non-hydrogen) atoms. The van der Waals surface area contributed by atoms with Gasteiger partial charge in [0.15, 0.2) is 0 Å². The number of nitrogens with zero attached hydrogens (tertiary/aromatic N) is 1. The highest BCUT2D eigenvalue weighted by Crippen LogP contribution is 2.19. The van der Waals surface area contributed by atoms with Crippen LogP contribution in [0.25, 0.3) is 0 Å². The van der Waals surface area contributed by atoms with E-state index >= 15 is 0 Å². The van der Waals surface area contributed by atoms with Gasteiger partial charge in [-0.05, 0) is 35.9 Å². The molecular weight excluding hydrogens is 274 g/mol. The van der Waals surface area contributed by atoms with Gasteiger partial charge in [0.2, 0.25) is 0 Å². The molecule has 2 aromatic carbocycles. The normalized spacial score (nSPS) is 9.80. The number of benzene rings is 2. The molecule has 2 rings (SSSR count). The summed E-state index contributed by atoms with van der Waals surface area (Å²) in [5.74, 6) is -0.264. The van der Waals surface area contributed by atoms with E-state index in [9.17, 15) is 4.79 Å². The van der Waals surface area contributed by atoms with Crippen LogP contribution in [0, 0.1) is 11.3 Å². The second-order valence-electron chi connectivity index (χ2n) is 4.23. The molecule has 4 nitrogen and oxygen atoms in total. The standard InChI is InChI=1S/C15H12ClN3O/c16-14-7-12(18)5-6-13(14)15(20)19-9-11-3-1-10(8-17)2-4-11/h1-7H,9,18H2,(H,19,20). The van der Waals surface area contributed by atoms with Gasteiger partial charge in [0, 0.05) is 12.2 Å². The van der Waals surface area contributed by atoms with E-state index in [4.69, 9.17) is 22.6 Å². The Bertz CT molecular complexity index is 675. The molecule has 0 bridgehead atoms. The fourth-order valence-electron chi connectivity index (χ4n) is 1.69. The Hall–Kier alpha value is -2.51. The average molecular weight is 286 g/mol. The van der Waals surface area contributed by atoms with E-state index in [-0.39, 0.29) is 5.91 Å². The Labute approximate surface area is 121 Å². The Morgan fingerprint density at radius 1 is 1.25 bits per heavy atom. The molecule has 0 fully saturated rings. The molecule has 0 heterocycles. The number of nitrogens with one attached hydrogen (secondary N) is 1. The molecule has 5 heteroatoms.